The summed E-state index contributed by atoms with van der Waals surface area (Å²) in [5, 5.41) is 0.265. The van der Waals surface area contributed by atoms with E-state index in [0.717, 1.165) is 5.75 Å². The fraction of sp³-hybridized carbons (Fsp3) is 0.952. The molecule has 0 unspecified atom stereocenters. The molecule has 0 radical (unpaired) electrons. The lowest BCUT2D eigenvalue weighted by Gasteiger charge is -2.03. The van der Waals surface area contributed by atoms with Gasteiger partial charge in [0.2, 0.25) is 0 Å². The molecule has 0 spiro atoms. The third-order valence-electron chi connectivity index (χ3n) is 4.55. The monoisotopic (exact) mass is 342 g/mol. The summed E-state index contributed by atoms with van der Waals surface area (Å²) in [6.07, 6.45) is 24.0. The summed E-state index contributed by atoms with van der Waals surface area (Å²) >= 11 is 1.48. The van der Waals surface area contributed by atoms with Gasteiger partial charge in [0.1, 0.15) is 0 Å². The SMILES string of the molecule is CCCCCCCCCCCCCCCCCCCSC(C)=O. The summed E-state index contributed by atoms with van der Waals surface area (Å²) in [6, 6.07) is 0. The summed E-state index contributed by atoms with van der Waals surface area (Å²) in [7, 11) is 0. The van der Waals surface area contributed by atoms with Crippen molar-refractivity contribution in [2.45, 2.75) is 123 Å². The zero-order valence-corrected chi connectivity index (χ0v) is 16.9. The van der Waals surface area contributed by atoms with Crippen molar-refractivity contribution < 1.29 is 4.79 Å². The van der Waals surface area contributed by atoms with Gasteiger partial charge in [0.15, 0.2) is 5.12 Å². The molecule has 0 aromatic heterocycles. The Hall–Kier alpha value is 0.0200. The van der Waals surface area contributed by atoms with Gasteiger partial charge in [0.05, 0.1) is 0 Å². The van der Waals surface area contributed by atoms with E-state index in [1.807, 2.05) is 0 Å². The lowest BCUT2D eigenvalue weighted by atomic mass is 10.0. The van der Waals surface area contributed by atoms with E-state index in [4.69, 9.17) is 0 Å². The Labute approximate surface area is 150 Å². The molecule has 0 atom stereocenters. The molecule has 0 bridgehead atoms. The van der Waals surface area contributed by atoms with E-state index in [1.165, 1.54) is 121 Å². The average molecular weight is 343 g/mol. The topological polar surface area (TPSA) is 17.1 Å². The van der Waals surface area contributed by atoms with Crippen LogP contribution in [0.2, 0.25) is 0 Å². The minimum absolute atomic E-state index is 0.265. The van der Waals surface area contributed by atoms with E-state index in [2.05, 4.69) is 6.92 Å². The Morgan fingerprint density at radius 1 is 0.565 bits per heavy atom. The third kappa shape index (κ3) is 22.0. The van der Waals surface area contributed by atoms with Crippen LogP contribution in [0.3, 0.4) is 0 Å². The molecule has 0 saturated heterocycles. The molecule has 0 fully saturated rings. The Morgan fingerprint density at radius 3 is 1.17 bits per heavy atom. The molecular formula is C21H42OS. The molecule has 0 heterocycles. The summed E-state index contributed by atoms with van der Waals surface area (Å²) in [5.41, 5.74) is 0. The van der Waals surface area contributed by atoms with Gasteiger partial charge in [-0.15, -0.1) is 0 Å². The maximum Gasteiger partial charge on any atom is 0.185 e. The van der Waals surface area contributed by atoms with Crippen molar-refractivity contribution >= 4 is 16.9 Å². The molecule has 1 nitrogen and oxygen atoms in total. The molecular weight excluding hydrogens is 300 g/mol. The standard InChI is InChI=1S/C21H42OS/c1-3-4-5-6-7-8-9-10-11-12-13-14-15-16-17-18-19-20-23-21(2)22/h3-20H2,1-2H3. The first kappa shape index (κ1) is 23.0. The minimum atomic E-state index is 0.265. The Morgan fingerprint density at radius 2 is 0.870 bits per heavy atom. The summed E-state index contributed by atoms with van der Waals surface area (Å²) in [6.45, 7) is 3.95. The number of carbonyl (C=O) groups is 1. The average Bonchev–Trinajstić information content (AvgIpc) is 2.53. The zero-order valence-electron chi connectivity index (χ0n) is 16.0. The van der Waals surface area contributed by atoms with Crippen LogP contribution in [-0.2, 0) is 4.79 Å². The van der Waals surface area contributed by atoms with Crippen LogP contribution in [-0.4, -0.2) is 10.9 Å². The van der Waals surface area contributed by atoms with Gasteiger partial charge in [-0.05, 0) is 6.42 Å². The van der Waals surface area contributed by atoms with Gasteiger partial charge >= 0.3 is 0 Å². The van der Waals surface area contributed by atoms with Gasteiger partial charge in [-0.25, -0.2) is 0 Å². The first-order valence-electron chi connectivity index (χ1n) is 10.4. The van der Waals surface area contributed by atoms with E-state index in [0.29, 0.717) is 0 Å². The first-order valence-corrected chi connectivity index (χ1v) is 11.4. The van der Waals surface area contributed by atoms with Gasteiger partial charge in [-0.3, -0.25) is 4.79 Å². The van der Waals surface area contributed by atoms with E-state index in [9.17, 15) is 4.79 Å². The highest BCUT2D eigenvalue weighted by atomic mass is 32.2. The number of carbonyl (C=O) groups excluding carboxylic acids is 1. The maximum atomic E-state index is 10.8. The smallest absolute Gasteiger partial charge is 0.185 e. The van der Waals surface area contributed by atoms with Crippen molar-refractivity contribution in [1.29, 1.82) is 0 Å². The fourth-order valence-electron chi connectivity index (χ4n) is 3.04. The maximum absolute atomic E-state index is 10.8. The lowest BCUT2D eigenvalue weighted by molar-refractivity contribution is -0.109. The summed E-state index contributed by atoms with van der Waals surface area (Å²) in [4.78, 5) is 10.8. The quantitative estimate of drug-likeness (QED) is 0.235. The van der Waals surface area contributed by atoms with Crippen molar-refractivity contribution in [3.05, 3.63) is 0 Å². The van der Waals surface area contributed by atoms with Crippen molar-refractivity contribution in [3.8, 4) is 0 Å². The van der Waals surface area contributed by atoms with Crippen LogP contribution in [0.4, 0.5) is 0 Å². The van der Waals surface area contributed by atoms with Gasteiger partial charge in [-0.2, -0.15) is 0 Å². The molecule has 2 heteroatoms. The highest BCUT2D eigenvalue weighted by Gasteiger charge is 1.96. The summed E-state index contributed by atoms with van der Waals surface area (Å²) < 4.78 is 0. The predicted molar refractivity (Wildman–Crippen MR) is 107 cm³/mol. The lowest BCUT2D eigenvalue weighted by Crippen LogP contribution is -1.87. The van der Waals surface area contributed by atoms with Crippen molar-refractivity contribution in [1.82, 2.24) is 0 Å². The zero-order chi connectivity index (χ0) is 17.0. The Balaban J connectivity index is 2.96. The predicted octanol–water partition coefficient (Wildman–Crippen LogP) is 7.92. The molecule has 0 saturated carbocycles. The molecule has 0 aromatic rings. The van der Waals surface area contributed by atoms with Crippen LogP contribution in [0.5, 0.6) is 0 Å². The number of thioether (sulfide) groups is 1. The van der Waals surface area contributed by atoms with Crippen LogP contribution < -0.4 is 0 Å². The highest BCUT2D eigenvalue weighted by Crippen LogP contribution is 2.14. The fourth-order valence-corrected chi connectivity index (χ4v) is 3.68. The highest BCUT2D eigenvalue weighted by molar-refractivity contribution is 8.13. The first-order chi connectivity index (χ1) is 11.3. The largest absolute Gasteiger partial charge is 0.288 e. The summed E-state index contributed by atoms with van der Waals surface area (Å²) in [5.74, 6) is 1.02. The van der Waals surface area contributed by atoms with Crippen LogP contribution in [0.1, 0.15) is 123 Å². The van der Waals surface area contributed by atoms with E-state index in [1.54, 1.807) is 6.92 Å². The molecule has 138 valence electrons. The Kier molecular flexibility index (Phi) is 20.1. The van der Waals surface area contributed by atoms with Crippen molar-refractivity contribution in [3.63, 3.8) is 0 Å². The minimum Gasteiger partial charge on any atom is -0.288 e. The molecule has 0 aliphatic rings. The van der Waals surface area contributed by atoms with Crippen LogP contribution in [0.15, 0.2) is 0 Å². The van der Waals surface area contributed by atoms with Crippen molar-refractivity contribution in [2.75, 3.05) is 5.75 Å². The third-order valence-corrected chi connectivity index (χ3v) is 5.45. The van der Waals surface area contributed by atoms with Gasteiger partial charge in [-0.1, -0.05) is 121 Å². The van der Waals surface area contributed by atoms with E-state index in [-0.39, 0.29) is 5.12 Å². The van der Waals surface area contributed by atoms with E-state index >= 15 is 0 Å². The van der Waals surface area contributed by atoms with Gasteiger partial charge in [0, 0.05) is 12.7 Å². The normalized spacial score (nSPS) is 11.0. The molecule has 0 N–H and O–H groups in total. The van der Waals surface area contributed by atoms with Crippen LogP contribution in [0.25, 0.3) is 0 Å². The molecule has 0 amide bonds. The number of hydrogen-bond donors (Lipinski definition) is 0. The molecule has 23 heavy (non-hydrogen) atoms. The van der Waals surface area contributed by atoms with Gasteiger partial charge < -0.3 is 0 Å². The second-order valence-electron chi connectivity index (χ2n) is 7.00. The molecule has 0 aliphatic carbocycles. The van der Waals surface area contributed by atoms with Gasteiger partial charge in [0.25, 0.3) is 0 Å². The molecule has 0 aliphatic heterocycles. The van der Waals surface area contributed by atoms with Crippen molar-refractivity contribution in [2.24, 2.45) is 0 Å². The van der Waals surface area contributed by atoms with Crippen LogP contribution in [0, 0.1) is 0 Å². The number of unbranched alkanes of at least 4 members (excludes halogenated alkanes) is 16. The second kappa shape index (κ2) is 20.1. The van der Waals surface area contributed by atoms with E-state index < -0.39 is 0 Å². The molecule has 0 rings (SSSR count). The van der Waals surface area contributed by atoms with Crippen LogP contribution >= 0.6 is 11.8 Å². The number of rotatable bonds is 18. The molecule has 0 aromatic carbocycles. The number of hydrogen-bond acceptors (Lipinski definition) is 2. The Bertz CT molecular complexity index is 240. The second-order valence-corrected chi connectivity index (χ2v) is 8.27.